The molecule has 146 valence electrons. The number of sulfone groups is 1. The van der Waals surface area contributed by atoms with Gasteiger partial charge in [-0.3, -0.25) is 5.10 Å². The van der Waals surface area contributed by atoms with Crippen molar-refractivity contribution in [2.75, 3.05) is 13.7 Å². The number of H-pyrrole nitrogens is 1. The number of aromatic nitrogens is 2. The summed E-state index contributed by atoms with van der Waals surface area (Å²) in [6.45, 7) is 3.68. The molecule has 1 aromatic heterocycles. The minimum Gasteiger partial charge on any atom is -0.497 e. The van der Waals surface area contributed by atoms with Crippen molar-refractivity contribution in [1.29, 1.82) is 0 Å². The molecular weight excluding hydrogens is 380 g/mol. The van der Waals surface area contributed by atoms with E-state index in [1.165, 1.54) is 19.2 Å². The van der Waals surface area contributed by atoms with Crippen molar-refractivity contribution in [3.8, 4) is 16.9 Å². The summed E-state index contributed by atoms with van der Waals surface area (Å²) in [5, 5.41) is 6.31. The first kappa shape index (κ1) is 19.6. The van der Waals surface area contributed by atoms with Crippen molar-refractivity contribution in [1.82, 2.24) is 10.2 Å². The standard InChI is InChI=1S/C20H20N2O5S/c1-4-27-20(23)18-17(14-7-9-15(26-3)10-8-14)19(22-21-18)28(24,25)16-11-5-13(2)6-12-16/h5-12H,4H2,1-3H3,(H,21,22). The Hall–Kier alpha value is -3.13. The number of carbonyl (C=O) groups is 1. The molecule has 0 unspecified atom stereocenters. The van der Waals surface area contributed by atoms with Gasteiger partial charge < -0.3 is 9.47 Å². The van der Waals surface area contributed by atoms with Crippen LogP contribution in [-0.4, -0.2) is 38.3 Å². The first-order valence-corrected chi connectivity index (χ1v) is 10.1. The van der Waals surface area contributed by atoms with Crippen LogP contribution in [0.25, 0.3) is 11.1 Å². The maximum Gasteiger partial charge on any atom is 0.359 e. The SMILES string of the molecule is CCOC(=O)c1n[nH]c(S(=O)(=O)c2ccc(C)cc2)c1-c1ccc(OC)cc1. The Morgan fingerprint density at radius 3 is 2.29 bits per heavy atom. The number of benzene rings is 2. The third kappa shape index (κ3) is 3.63. The van der Waals surface area contributed by atoms with Gasteiger partial charge in [-0.25, -0.2) is 13.2 Å². The second-order valence-corrected chi connectivity index (χ2v) is 7.93. The summed E-state index contributed by atoms with van der Waals surface area (Å²) in [5.41, 5.74) is 1.52. The van der Waals surface area contributed by atoms with E-state index in [0.29, 0.717) is 11.3 Å². The number of hydrogen-bond acceptors (Lipinski definition) is 6. The van der Waals surface area contributed by atoms with Crippen molar-refractivity contribution < 1.29 is 22.7 Å². The molecule has 0 atom stereocenters. The molecule has 0 aliphatic rings. The number of aromatic amines is 1. The van der Waals surface area contributed by atoms with Crippen LogP contribution in [0.2, 0.25) is 0 Å². The second kappa shape index (κ2) is 7.85. The van der Waals surface area contributed by atoms with Crippen LogP contribution in [0.15, 0.2) is 58.5 Å². The lowest BCUT2D eigenvalue weighted by Crippen LogP contribution is -2.08. The molecule has 0 radical (unpaired) electrons. The molecular formula is C20H20N2O5S. The molecule has 0 saturated carbocycles. The zero-order valence-corrected chi connectivity index (χ0v) is 16.5. The van der Waals surface area contributed by atoms with Gasteiger partial charge in [-0.2, -0.15) is 5.10 Å². The average molecular weight is 400 g/mol. The van der Waals surface area contributed by atoms with Gasteiger partial charge >= 0.3 is 5.97 Å². The highest BCUT2D eigenvalue weighted by molar-refractivity contribution is 7.91. The van der Waals surface area contributed by atoms with Crippen LogP contribution in [0.4, 0.5) is 0 Å². The topological polar surface area (TPSA) is 98.4 Å². The normalized spacial score (nSPS) is 11.2. The van der Waals surface area contributed by atoms with E-state index in [9.17, 15) is 13.2 Å². The highest BCUT2D eigenvalue weighted by atomic mass is 32.2. The molecule has 0 bridgehead atoms. The van der Waals surface area contributed by atoms with Crippen LogP contribution >= 0.6 is 0 Å². The van der Waals surface area contributed by atoms with Crippen molar-refractivity contribution >= 4 is 15.8 Å². The molecule has 3 rings (SSSR count). The summed E-state index contributed by atoms with van der Waals surface area (Å²) in [4.78, 5) is 12.5. The Kier molecular flexibility index (Phi) is 5.51. The number of nitrogens with zero attached hydrogens (tertiary/aromatic N) is 1. The maximum atomic E-state index is 13.2. The Bertz CT molecular complexity index is 1080. The van der Waals surface area contributed by atoms with Gasteiger partial charge in [0.15, 0.2) is 10.7 Å². The lowest BCUT2D eigenvalue weighted by Gasteiger charge is -2.09. The first-order valence-electron chi connectivity index (χ1n) is 8.60. The summed E-state index contributed by atoms with van der Waals surface area (Å²) in [6.07, 6.45) is 0. The fraction of sp³-hybridized carbons (Fsp3) is 0.200. The molecule has 7 nitrogen and oxygen atoms in total. The van der Waals surface area contributed by atoms with Gasteiger partial charge in [0.2, 0.25) is 9.84 Å². The fourth-order valence-corrected chi connectivity index (χ4v) is 4.11. The number of methoxy groups -OCH3 is 1. The van der Waals surface area contributed by atoms with E-state index in [1.807, 2.05) is 6.92 Å². The minimum absolute atomic E-state index is 0.0855. The third-order valence-corrected chi connectivity index (χ3v) is 5.91. The van der Waals surface area contributed by atoms with Gasteiger partial charge in [-0.15, -0.1) is 0 Å². The monoisotopic (exact) mass is 400 g/mol. The Labute approximate surface area is 163 Å². The summed E-state index contributed by atoms with van der Waals surface area (Å²) in [5.74, 6) is -0.0946. The van der Waals surface area contributed by atoms with E-state index in [1.54, 1.807) is 43.3 Å². The zero-order chi connectivity index (χ0) is 20.3. The van der Waals surface area contributed by atoms with Gasteiger partial charge in [-0.05, 0) is 43.7 Å². The van der Waals surface area contributed by atoms with Gasteiger partial charge in [0.05, 0.1) is 24.2 Å². The van der Waals surface area contributed by atoms with Crippen molar-refractivity contribution in [2.45, 2.75) is 23.8 Å². The second-order valence-electron chi connectivity index (χ2n) is 6.04. The lowest BCUT2D eigenvalue weighted by molar-refractivity contribution is 0.0520. The number of esters is 1. The van der Waals surface area contributed by atoms with Gasteiger partial charge in [0, 0.05) is 0 Å². The van der Waals surface area contributed by atoms with E-state index in [4.69, 9.17) is 9.47 Å². The van der Waals surface area contributed by atoms with Crippen LogP contribution in [0.1, 0.15) is 23.0 Å². The number of carbonyl (C=O) groups excluding carboxylic acids is 1. The van der Waals surface area contributed by atoms with E-state index < -0.39 is 15.8 Å². The highest BCUT2D eigenvalue weighted by Crippen LogP contribution is 2.34. The molecule has 3 aromatic rings. The largest absolute Gasteiger partial charge is 0.497 e. The Morgan fingerprint density at radius 2 is 1.71 bits per heavy atom. The molecule has 0 spiro atoms. The van der Waals surface area contributed by atoms with Crippen LogP contribution in [0, 0.1) is 6.92 Å². The van der Waals surface area contributed by atoms with Crippen LogP contribution in [0.5, 0.6) is 5.75 Å². The molecule has 0 amide bonds. The van der Waals surface area contributed by atoms with Gasteiger partial charge in [0.25, 0.3) is 0 Å². The summed E-state index contributed by atoms with van der Waals surface area (Å²) in [6, 6.07) is 13.2. The van der Waals surface area contributed by atoms with E-state index in [-0.39, 0.29) is 27.8 Å². The van der Waals surface area contributed by atoms with E-state index in [2.05, 4.69) is 10.2 Å². The number of nitrogens with one attached hydrogen (secondary N) is 1. The fourth-order valence-electron chi connectivity index (χ4n) is 2.73. The molecule has 8 heteroatoms. The highest BCUT2D eigenvalue weighted by Gasteiger charge is 2.30. The number of aryl methyl sites for hydroxylation is 1. The predicted octanol–water partition coefficient (Wildman–Crippen LogP) is 3.40. The van der Waals surface area contributed by atoms with Crippen LogP contribution < -0.4 is 4.74 Å². The average Bonchev–Trinajstić information content (AvgIpc) is 3.15. The molecule has 0 aliphatic carbocycles. The van der Waals surface area contributed by atoms with E-state index in [0.717, 1.165) is 5.56 Å². The van der Waals surface area contributed by atoms with Gasteiger partial charge in [0.1, 0.15) is 5.75 Å². The molecule has 0 fully saturated rings. The van der Waals surface area contributed by atoms with Crippen molar-refractivity contribution in [3.05, 3.63) is 59.8 Å². The van der Waals surface area contributed by atoms with Gasteiger partial charge in [-0.1, -0.05) is 29.8 Å². The quantitative estimate of drug-likeness (QED) is 0.637. The summed E-state index contributed by atoms with van der Waals surface area (Å²) < 4.78 is 36.6. The Morgan fingerprint density at radius 1 is 1.07 bits per heavy atom. The predicted molar refractivity (Wildman–Crippen MR) is 103 cm³/mol. The molecule has 0 aliphatic heterocycles. The number of hydrogen-bond donors (Lipinski definition) is 1. The lowest BCUT2D eigenvalue weighted by atomic mass is 10.1. The zero-order valence-electron chi connectivity index (χ0n) is 15.7. The first-order chi connectivity index (χ1) is 13.4. The smallest absolute Gasteiger partial charge is 0.359 e. The summed E-state index contributed by atoms with van der Waals surface area (Å²) >= 11 is 0. The Balaban J connectivity index is 2.20. The van der Waals surface area contributed by atoms with Crippen LogP contribution in [0.3, 0.4) is 0 Å². The molecule has 0 saturated heterocycles. The van der Waals surface area contributed by atoms with E-state index >= 15 is 0 Å². The summed E-state index contributed by atoms with van der Waals surface area (Å²) in [7, 11) is -2.40. The minimum atomic E-state index is -3.93. The number of ether oxygens (including phenoxy) is 2. The van der Waals surface area contributed by atoms with Crippen molar-refractivity contribution in [3.63, 3.8) is 0 Å². The number of rotatable bonds is 6. The molecule has 2 aromatic carbocycles. The van der Waals surface area contributed by atoms with Crippen molar-refractivity contribution in [2.24, 2.45) is 0 Å². The van der Waals surface area contributed by atoms with Crippen LogP contribution in [-0.2, 0) is 14.6 Å². The molecule has 1 heterocycles. The molecule has 1 N–H and O–H groups in total. The molecule has 28 heavy (non-hydrogen) atoms. The third-order valence-electron chi connectivity index (χ3n) is 4.18. The maximum absolute atomic E-state index is 13.2.